The fourth-order valence-electron chi connectivity index (χ4n) is 1.55. The van der Waals surface area contributed by atoms with E-state index >= 15 is 0 Å². The molecule has 0 aliphatic carbocycles. The zero-order valence-corrected chi connectivity index (χ0v) is 11.2. The van der Waals surface area contributed by atoms with Crippen molar-refractivity contribution in [3.8, 4) is 5.75 Å². The molecule has 0 bridgehead atoms. The van der Waals surface area contributed by atoms with E-state index in [4.69, 9.17) is 23.2 Å². The van der Waals surface area contributed by atoms with E-state index < -0.39 is 0 Å². The zero-order valence-electron chi connectivity index (χ0n) is 9.72. The second-order valence-corrected chi connectivity index (χ2v) is 4.87. The van der Waals surface area contributed by atoms with Gasteiger partial charge in [0.25, 0.3) is 0 Å². The maximum atomic E-state index is 9.85. The summed E-state index contributed by atoms with van der Waals surface area (Å²) in [4.78, 5) is 0. The lowest BCUT2D eigenvalue weighted by atomic mass is 10.1. The maximum absolute atomic E-state index is 9.85. The zero-order chi connectivity index (χ0) is 12.3. The Morgan fingerprint density at radius 3 is 2.50 bits per heavy atom. The first-order chi connectivity index (χ1) is 7.45. The third kappa shape index (κ3) is 3.27. The van der Waals surface area contributed by atoms with Crippen LogP contribution in [0.2, 0.25) is 10.0 Å². The minimum absolute atomic E-state index is 0.0196. The van der Waals surface area contributed by atoms with Crippen LogP contribution in [-0.2, 0) is 0 Å². The molecule has 0 heterocycles. The van der Waals surface area contributed by atoms with Crippen molar-refractivity contribution in [2.45, 2.75) is 39.3 Å². The molecule has 0 fully saturated rings. The third-order valence-electron chi connectivity index (χ3n) is 2.67. The van der Waals surface area contributed by atoms with Crippen LogP contribution in [0.1, 0.15) is 38.8 Å². The number of aromatic hydroxyl groups is 1. The number of hydrogen-bond donors (Lipinski definition) is 2. The number of hydrogen-bond acceptors (Lipinski definition) is 2. The molecule has 0 saturated carbocycles. The predicted molar refractivity (Wildman–Crippen MR) is 69.4 cm³/mol. The van der Waals surface area contributed by atoms with Crippen LogP contribution < -0.4 is 5.32 Å². The average Bonchev–Trinajstić information content (AvgIpc) is 2.22. The number of phenolic OH excluding ortho intramolecular Hbond substituents is 1. The molecule has 90 valence electrons. The highest BCUT2D eigenvalue weighted by atomic mass is 35.5. The number of rotatable bonds is 4. The highest BCUT2D eigenvalue weighted by molar-refractivity contribution is 6.35. The summed E-state index contributed by atoms with van der Waals surface area (Å²) in [6, 6.07) is 3.68. The fourth-order valence-corrected chi connectivity index (χ4v) is 2.06. The van der Waals surface area contributed by atoms with Crippen LogP contribution in [0.5, 0.6) is 5.75 Å². The first-order valence-electron chi connectivity index (χ1n) is 5.39. The summed E-state index contributed by atoms with van der Waals surface area (Å²) < 4.78 is 0. The standard InChI is InChI=1S/C12H17Cl2NO/c1-4-7(2)15-8(3)10-5-9(13)6-11(14)12(10)16/h5-8,15-16H,4H2,1-3H3. The maximum Gasteiger partial charge on any atom is 0.139 e. The molecule has 2 N–H and O–H groups in total. The molecule has 0 amide bonds. The van der Waals surface area contributed by atoms with Crippen LogP contribution in [0.15, 0.2) is 12.1 Å². The highest BCUT2D eigenvalue weighted by Gasteiger charge is 2.15. The summed E-state index contributed by atoms with van der Waals surface area (Å²) in [5, 5.41) is 14.0. The number of phenols is 1. The fraction of sp³-hybridized carbons (Fsp3) is 0.500. The van der Waals surface area contributed by atoms with Crippen molar-refractivity contribution in [3.63, 3.8) is 0 Å². The second kappa shape index (κ2) is 5.76. The van der Waals surface area contributed by atoms with E-state index in [-0.39, 0.29) is 11.8 Å². The van der Waals surface area contributed by atoms with Gasteiger partial charge in [-0.25, -0.2) is 0 Å². The first kappa shape index (κ1) is 13.6. The summed E-state index contributed by atoms with van der Waals surface area (Å²) in [5.41, 5.74) is 0.734. The van der Waals surface area contributed by atoms with Crippen LogP contribution >= 0.6 is 23.2 Å². The number of benzene rings is 1. The molecule has 0 saturated heterocycles. The Kier molecular flexibility index (Phi) is 4.90. The Bertz CT molecular complexity index is 368. The lowest BCUT2D eigenvalue weighted by molar-refractivity contribution is 0.431. The van der Waals surface area contributed by atoms with Gasteiger partial charge in [-0.2, -0.15) is 0 Å². The lowest BCUT2D eigenvalue weighted by Gasteiger charge is -2.20. The molecule has 2 atom stereocenters. The van der Waals surface area contributed by atoms with E-state index in [1.54, 1.807) is 6.07 Å². The van der Waals surface area contributed by atoms with Gasteiger partial charge in [-0.15, -0.1) is 0 Å². The molecule has 1 rings (SSSR count). The topological polar surface area (TPSA) is 32.3 Å². The highest BCUT2D eigenvalue weighted by Crippen LogP contribution is 2.34. The van der Waals surface area contributed by atoms with Gasteiger partial charge in [0, 0.05) is 22.7 Å². The van der Waals surface area contributed by atoms with Crippen molar-refractivity contribution in [2.75, 3.05) is 0 Å². The quantitative estimate of drug-likeness (QED) is 0.854. The molecule has 1 aromatic carbocycles. The SMILES string of the molecule is CCC(C)NC(C)c1cc(Cl)cc(Cl)c1O. The van der Waals surface area contributed by atoms with E-state index in [0.717, 1.165) is 12.0 Å². The Labute approximate surface area is 107 Å². The van der Waals surface area contributed by atoms with Crippen LogP contribution in [0.25, 0.3) is 0 Å². The van der Waals surface area contributed by atoms with Gasteiger partial charge < -0.3 is 10.4 Å². The van der Waals surface area contributed by atoms with Crippen molar-refractivity contribution in [1.29, 1.82) is 0 Å². The van der Waals surface area contributed by atoms with Gasteiger partial charge in [0.15, 0.2) is 0 Å². The van der Waals surface area contributed by atoms with Gasteiger partial charge in [-0.05, 0) is 32.4 Å². The molecule has 2 unspecified atom stereocenters. The second-order valence-electron chi connectivity index (χ2n) is 4.02. The minimum Gasteiger partial charge on any atom is -0.506 e. The number of halogens is 2. The van der Waals surface area contributed by atoms with Crippen LogP contribution in [0, 0.1) is 0 Å². The van der Waals surface area contributed by atoms with E-state index in [1.807, 2.05) is 6.92 Å². The van der Waals surface area contributed by atoms with E-state index in [9.17, 15) is 5.11 Å². The lowest BCUT2D eigenvalue weighted by Crippen LogP contribution is -2.28. The minimum atomic E-state index is 0.0196. The van der Waals surface area contributed by atoms with Crippen molar-refractivity contribution in [2.24, 2.45) is 0 Å². The van der Waals surface area contributed by atoms with Crippen molar-refractivity contribution < 1.29 is 5.11 Å². The molecule has 16 heavy (non-hydrogen) atoms. The summed E-state index contributed by atoms with van der Waals surface area (Å²) >= 11 is 11.8. The van der Waals surface area contributed by atoms with Gasteiger partial charge in [0.1, 0.15) is 5.75 Å². The summed E-state index contributed by atoms with van der Waals surface area (Å²) in [6.45, 7) is 6.18. The van der Waals surface area contributed by atoms with Gasteiger partial charge in [0.05, 0.1) is 5.02 Å². The van der Waals surface area contributed by atoms with Gasteiger partial charge in [0.2, 0.25) is 0 Å². The molecule has 0 aliphatic heterocycles. The molecule has 2 nitrogen and oxygen atoms in total. The van der Waals surface area contributed by atoms with Crippen molar-refractivity contribution in [1.82, 2.24) is 5.32 Å². The Balaban J connectivity index is 2.94. The molecule has 4 heteroatoms. The summed E-state index contributed by atoms with van der Waals surface area (Å²) in [5.74, 6) is 0.106. The Hall–Kier alpha value is -0.440. The van der Waals surface area contributed by atoms with Crippen LogP contribution in [0.3, 0.4) is 0 Å². The first-order valence-corrected chi connectivity index (χ1v) is 6.15. The molecule has 0 spiro atoms. The summed E-state index contributed by atoms with van der Waals surface area (Å²) in [6.07, 6.45) is 1.03. The van der Waals surface area contributed by atoms with Crippen LogP contribution in [0.4, 0.5) is 0 Å². The van der Waals surface area contributed by atoms with Crippen molar-refractivity contribution >= 4 is 23.2 Å². The predicted octanol–water partition coefficient (Wildman–Crippen LogP) is 4.15. The van der Waals surface area contributed by atoms with E-state index in [0.29, 0.717) is 16.1 Å². The molecule has 0 radical (unpaired) electrons. The smallest absolute Gasteiger partial charge is 0.139 e. The molecular formula is C12H17Cl2NO. The average molecular weight is 262 g/mol. The normalized spacial score (nSPS) is 14.8. The monoisotopic (exact) mass is 261 g/mol. The van der Waals surface area contributed by atoms with Gasteiger partial charge in [-0.1, -0.05) is 30.1 Å². The van der Waals surface area contributed by atoms with Crippen LogP contribution in [-0.4, -0.2) is 11.1 Å². The Morgan fingerprint density at radius 2 is 1.94 bits per heavy atom. The van der Waals surface area contributed by atoms with Crippen molar-refractivity contribution in [3.05, 3.63) is 27.7 Å². The van der Waals surface area contributed by atoms with E-state index in [1.165, 1.54) is 6.07 Å². The Morgan fingerprint density at radius 1 is 1.31 bits per heavy atom. The summed E-state index contributed by atoms with van der Waals surface area (Å²) in [7, 11) is 0. The largest absolute Gasteiger partial charge is 0.506 e. The number of nitrogens with one attached hydrogen (secondary N) is 1. The molecule has 1 aromatic rings. The van der Waals surface area contributed by atoms with Gasteiger partial charge >= 0.3 is 0 Å². The molecular weight excluding hydrogens is 245 g/mol. The van der Waals surface area contributed by atoms with Gasteiger partial charge in [-0.3, -0.25) is 0 Å². The van der Waals surface area contributed by atoms with E-state index in [2.05, 4.69) is 19.2 Å². The third-order valence-corrected chi connectivity index (χ3v) is 3.18. The molecule has 0 aromatic heterocycles. The molecule has 0 aliphatic rings.